The van der Waals surface area contributed by atoms with Gasteiger partial charge in [0.05, 0.1) is 21.4 Å². The van der Waals surface area contributed by atoms with E-state index in [4.69, 9.17) is 23.2 Å². The molecule has 0 radical (unpaired) electrons. The molecule has 5 N–H and O–H groups in total. The van der Waals surface area contributed by atoms with Gasteiger partial charge in [0.2, 0.25) is 0 Å². The first-order valence-electron chi connectivity index (χ1n) is 5.65. The van der Waals surface area contributed by atoms with E-state index in [9.17, 15) is 20.1 Å². The minimum atomic E-state index is -0.686. The molecule has 2 aromatic carbocycles. The molecule has 8 heteroatoms. The van der Waals surface area contributed by atoms with E-state index in [1.54, 1.807) is 18.2 Å². The van der Waals surface area contributed by atoms with Gasteiger partial charge in [0.1, 0.15) is 0 Å². The van der Waals surface area contributed by atoms with Gasteiger partial charge < -0.3 is 26.0 Å². The Hall–Kier alpha value is -2.31. The average molecular weight is 329 g/mol. The fraction of sp³-hybridized carbons (Fsp3) is 0. The van der Waals surface area contributed by atoms with E-state index in [1.165, 1.54) is 0 Å². The SMILES string of the molecule is O=C(Nc1cc(O)c(O)c(O)c1)Nc1c(Cl)cccc1Cl. The first kappa shape index (κ1) is 15.1. The van der Waals surface area contributed by atoms with Crippen LogP contribution in [0.3, 0.4) is 0 Å². The number of hydrogen-bond donors (Lipinski definition) is 5. The fourth-order valence-electron chi connectivity index (χ4n) is 1.57. The Balaban J connectivity index is 2.16. The number of amides is 2. The smallest absolute Gasteiger partial charge is 0.323 e. The summed E-state index contributed by atoms with van der Waals surface area (Å²) in [6, 6.07) is 6.20. The summed E-state index contributed by atoms with van der Waals surface area (Å²) in [6.07, 6.45) is 0. The van der Waals surface area contributed by atoms with E-state index in [2.05, 4.69) is 10.6 Å². The van der Waals surface area contributed by atoms with Crippen molar-refractivity contribution in [1.82, 2.24) is 0 Å². The maximum absolute atomic E-state index is 11.8. The lowest BCUT2D eigenvalue weighted by molar-refractivity contribution is 0.262. The predicted molar refractivity (Wildman–Crippen MR) is 80.5 cm³/mol. The van der Waals surface area contributed by atoms with E-state index in [1.807, 2.05) is 0 Å². The predicted octanol–water partition coefficient (Wildman–Crippen LogP) is 3.75. The summed E-state index contributed by atoms with van der Waals surface area (Å²) >= 11 is 11.8. The number of nitrogens with one attached hydrogen (secondary N) is 2. The Kier molecular flexibility index (Phi) is 4.30. The van der Waals surface area contributed by atoms with Crippen LogP contribution in [-0.4, -0.2) is 21.4 Å². The highest BCUT2D eigenvalue weighted by Crippen LogP contribution is 2.37. The van der Waals surface area contributed by atoms with Gasteiger partial charge in [-0.2, -0.15) is 0 Å². The lowest BCUT2D eigenvalue weighted by Gasteiger charge is -2.11. The lowest BCUT2D eigenvalue weighted by atomic mass is 10.2. The molecular weight excluding hydrogens is 319 g/mol. The van der Waals surface area contributed by atoms with Crippen LogP contribution in [0.15, 0.2) is 30.3 Å². The number of halogens is 2. The summed E-state index contributed by atoms with van der Waals surface area (Å²) in [7, 11) is 0. The molecule has 2 aromatic rings. The first-order valence-corrected chi connectivity index (χ1v) is 6.41. The van der Waals surface area contributed by atoms with Crippen molar-refractivity contribution in [2.24, 2.45) is 0 Å². The van der Waals surface area contributed by atoms with Gasteiger partial charge in [0, 0.05) is 12.1 Å². The van der Waals surface area contributed by atoms with Gasteiger partial charge in [0.15, 0.2) is 17.2 Å². The molecule has 0 aromatic heterocycles. The number of rotatable bonds is 2. The normalized spacial score (nSPS) is 10.2. The number of benzene rings is 2. The molecule has 0 unspecified atom stereocenters. The van der Waals surface area contributed by atoms with Crippen LogP contribution in [0.2, 0.25) is 10.0 Å². The molecule has 0 saturated heterocycles. The van der Waals surface area contributed by atoms with Gasteiger partial charge in [-0.15, -0.1) is 0 Å². The quantitative estimate of drug-likeness (QED) is 0.428. The number of para-hydroxylation sites is 1. The van der Waals surface area contributed by atoms with Crippen molar-refractivity contribution in [3.63, 3.8) is 0 Å². The van der Waals surface area contributed by atoms with Crippen LogP contribution < -0.4 is 10.6 Å². The van der Waals surface area contributed by atoms with Crippen LogP contribution in [0.4, 0.5) is 16.2 Å². The van der Waals surface area contributed by atoms with Gasteiger partial charge in [0.25, 0.3) is 0 Å². The number of hydrogen-bond acceptors (Lipinski definition) is 4. The van der Waals surface area contributed by atoms with Crippen molar-refractivity contribution in [3.05, 3.63) is 40.4 Å². The maximum atomic E-state index is 11.8. The highest BCUT2D eigenvalue weighted by molar-refractivity contribution is 6.39. The van der Waals surface area contributed by atoms with Crippen molar-refractivity contribution in [2.75, 3.05) is 10.6 Å². The molecule has 21 heavy (non-hydrogen) atoms. The Morgan fingerprint density at radius 3 is 2.00 bits per heavy atom. The van der Waals surface area contributed by atoms with E-state index in [0.717, 1.165) is 12.1 Å². The monoisotopic (exact) mass is 328 g/mol. The lowest BCUT2D eigenvalue weighted by Crippen LogP contribution is -2.19. The van der Waals surface area contributed by atoms with Crippen LogP contribution >= 0.6 is 23.2 Å². The highest BCUT2D eigenvalue weighted by atomic mass is 35.5. The Labute approximate surface area is 129 Å². The average Bonchev–Trinajstić information content (AvgIpc) is 2.40. The third-order valence-corrected chi connectivity index (χ3v) is 3.16. The summed E-state index contributed by atoms with van der Waals surface area (Å²) in [6.45, 7) is 0. The third kappa shape index (κ3) is 3.42. The number of carbonyl (C=O) groups is 1. The van der Waals surface area contributed by atoms with Crippen molar-refractivity contribution in [1.29, 1.82) is 0 Å². The number of phenolic OH excluding ortho intramolecular Hbond substituents is 3. The van der Waals surface area contributed by atoms with E-state index in [0.29, 0.717) is 0 Å². The largest absolute Gasteiger partial charge is 0.504 e. The third-order valence-electron chi connectivity index (χ3n) is 2.53. The molecule has 0 saturated carbocycles. The molecule has 0 fully saturated rings. The standard InChI is InChI=1S/C13H10Cl2N2O4/c14-7-2-1-3-8(15)11(7)17-13(21)16-6-4-9(18)12(20)10(19)5-6/h1-5,18-20H,(H2,16,17,21). The molecule has 0 aliphatic carbocycles. The van der Waals surface area contributed by atoms with Crippen LogP contribution in [-0.2, 0) is 0 Å². The van der Waals surface area contributed by atoms with Gasteiger partial charge in [-0.25, -0.2) is 4.79 Å². The molecule has 0 atom stereocenters. The molecule has 2 rings (SSSR count). The fourth-order valence-corrected chi connectivity index (χ4v) is 2.06. The summed E-state index contributed by atoms with van der Waals surface area (Å²) in [5.41, 5.74) is 0.300. The number of anilines is 2. The summed E-state index contributed by atoms with van der Waals surface area (Å²) in [5.74, 6) is -1.81. The minimum Gasteiger partial charge on any atom is -0.504 e. The molecule has 0 spiro atoms. The summed E-state index contributed by atoms with van der Waals surface area (Å²) < 4.78 is 0. The molecule has 0 heterocycles. The molecule has 2 amide bonds. The Bertz CT molecular complexity index is 663. The number of phenols is 3. The zero-order valence-electron chi connectivity index (χ0n) is 10.4. The molecule has 6 nitrogen and oxygen atoms in total. The Morgan fingerprint density at radius 1 is 0.952 bits per heavy atom. The van der Waals surface area contributed by atoms with E-state index < -0.39 is 23.3 Å². The second-order valence-electron chi connectivity index (χ2n) is 4.04. The molecule has 0 aliphatic rings. The van der Waals surface area contributed by atoms with E-state index >= 15 is 0 Å². The van der Waals surface area contributed by atoms with Crippen LogP contribution in [0, 0.1) is 0 Å². The highest BCUT2D eigenvalue weighted by Gasteiger charge is 2.12. The zero-order valence-corrected chi connectivity index (χ0v) is 11.9. The van der Waals surface area contributed by atoms with Crippen molar-refractivity contribution < 1.29 is 20.1 Å². The number of carbonyl (C=O) groups excluding carboxylic acids is 1. The minimum absolute atomic E-state index is 0.0727. The molecule has 0 aliphatic heterocycles. The second-order valence-corrected chi connectivity index (χ2v) is 4.85. The molecule has 110 valence electrons. The molecular formula is C13H10Cl2N2O4. The second kappa shape index (κ2) is 5.99. The Morgan fingerprint density at radius 2 is 1.48 bits per heavy atom. The van der Waals surface area contributed by atoms with Crippen LogP contribution in [0.25, 0.3) is 0 Å². The molecule has 0 bridgehead atoms. The topological polar surface area (TPSA) is 102 Å². The van der Waals surface area contributed by atoms with E-state index in [-0.39, 0.29) is 21.4 Å². The van der Waals surface area contributed by atoms with Crippen molar-refractivity contribution in [2.45, 2.75) is 0 Å². The number of urea groups is 1. The summed E-state index contributed by atoms with van der Waals surface area (Å²) in [4.78, 5) is 11.8. The first-order chi connectivity index (χ1) is 9.88. The maximum Gasteiger partial charge on any atom is 0.323 e. The van der Waals surface area contributed by atoms with Gasteiger partial charge in [-0.05, 0) is 12.1 Å². The van der Waals surface area contributed by atoms with Crippen LogP contribution in [0.1, 0.15) is 0 Å². The van der Waals surface area contributed by atoms with Gasteiger partial charge in [-0.3, -0.25) is 0 Å². The summed E-state index contributed by atoms with van der Waals surface area (Å²) in [5, 5.41) is 33.2. The van der Waals surface area contributed by atoms with Crippen molar-refractivity contribution >= 4 is 40.6 Å². The van der Waals surface area contributed by atoms with Gasteiger partial charge >= 0.3 is 6.03 Å². The van der Waals surface area contributed by atoms with Gasteiger partial charge in [-0.1, -0.05) is 29.3 Å². The van der Waals surface area contributed by atoms with Crippen molar-refractivity contribution in [3.8, 4) is 17.2 Å². The van der Waals surface area contributed by atoms with Crippen LogP contribution in [0.5, 0.6) is 17.2 Å². The zero-order chi connectivity index (χ0) is 15.6. The number of aromatic hydroxyl groups is 3.